The average Bonchev–Trinajstić information content (AvgIpc) is 2.34. The zero-order valence-electron chi connectivity index (χ0n) is 11.0. The van der Waals surface area contributed by atoms with Crippen LogP contribution in [0.4, 0.5) is 0 Å². The van der Waals surface area contributed by atoms with Crippen molar-refractivity contribution < 1.29 is 9.47 Å². The molecule has 0 saturated heterocycles. The van der Waals surface area contributed by atoms with Crippen LogP contribution in [0.5, 0.6) is 0 Å². The Morgan fingerprint density at radius 1 is 1.12 bits per heavy atom. The lowest BCUT2D eigenvalue weighted by Gasteiger charge is -2.44. The van der Waals surface area contributed by atoms with Gasteiger partial charge >= 0.3 is 0 Å². The fourth-order valence-electron chi connectivity index (χ4n) is 3.54. The van der Waals surface area contributed by atoms with Crippen molar-refractivity contribution in [3.63, 3.8) is 0 Å². The number of hydrogen-bond acceptors (Lipinski definition) is 2. The molecule has 2 nitrogen and oxygen atoms in total. The van der Waals surface area contributed by atoms with E-state index in [-0.39, 0.29) is 6.29 Å². The van der Waals surface area contributed by atoms with E-state index >= 15 is 0 Å². The van der Waals surface area contributed by atoms with Crippen molar-refractivity contribution in [2.45, 2.75) is 70.1 Å². The van der Waals surface area contributed by atoms with E-state index in [4.69, 9.17) is 21.1 Å². The van der Waals surface area contributed by atoms with Gasteiger partial charge in [-0.2, -0.15) is 0 Å². The molecule has 5 atom stereocenters. The van der Waals surface area contributed by atoms with Crippen LogP contribution in [0.15, 0.2) is 0 Å². The predicted octanol–water partition coefficient (Wildman–Crippen LogP) is 3.96. The fraction of sp³-hybridized carbons (Fsp3) is 1.00. The molecule has 5 unspecified atom stereocenters. The maximum absolute atomic E-state index is 6.47. The lowest BCUT2D eigenvalue weighted by atomic mass is 9.69. The van der Waals surface area contributed by atoms with Crippen LogP contribution in [0, 0.1) is 11.8 Å². The SMILES string of the molecule is CCOC(C)OC1CCC(Cl)C2CCCCC12. The Bertz CT molecular complexity index is 234. The zero-order valence-corrected chi connectivity index (χ0v) is 11.8. The first-order valence-electron chi connectivity index (χ1n) is 7.13. The van der Waals surface area contributed by atoms with E-state index < -0.39 is 0 Å². The molecule has 0 radical (unpaired) electrons. The van der Waals surface area contributed by atoms with Crippen LogP contribution in [0.25, 0.3) is 0 Å². The number of hydrogen-bond donors (Lipinski definition) is 0. The van der Waals surface area contributed by atoms with Crippen molar-refractivity contribution in [1.82, 2.24) is 0 Å². The number of halogens is 1. The van der Waals surface area contributed by atoms with Gasteiger partial charge in [-0.25, -0.2) is 0 Å². The molecule has 0 aromatic rings. The molecule has 2 fully saturated rings. The van der Waals surface area contributed by atoms with Gasteiger partial charge in [0, 0.05) is 12.0 Å². The first kappa shape index (κ1) is 13.6. The van der Waals surface area contributed by atoms with Gasteiger partial charge < -0.3 is 9.47 Å². The number of fused-ring (bicyclic) bond motifs is 1. The van der Waals surface area contributed by atoms with Crippen LogP contribution >= 0.6 is 11.6 Å². The monoisotopic (exact) mass is 260 g/mol. The zero-order chi connectivity index (χ0) is 12.3. The second kappa shape index (κ2) is 6.40. The lowest BCUT2D eigenvalue weighted by Crippen LogP contribution is -2.43. The Kier molecular flexibility index (Phi) is 5.13. The molecule has 0 aromatic heterocycles. The highest BCUT2D eigenvalue weighted by Gasteiger charge is 2.40. The quantitative estimate of drug-likeness (QED) is 0.563. The summed E-state index contributed by atoms with van der Waals surface area (Å²) < 4.78 is 11.6. The molecule has 0 heterocycles. The van der Waals surface area contributed by atoms with E-state index in [1.54, 1.807) is 0 Å². The summed E-state index contributed by atoms with van der Waals surface area (Å²) in [4.78, 5) is 0. The van der Waals surface area contributed by atoms with Crippen LogP contribution in [0.1, 0.15) is 52.4 Å². The smallest absolute Gasteiger partial charge is 0.155 e. The van der Waals surface area contributed by atoms with Crippen molar-refractivity contribution in [2.24, 2.45) is 11.8 Å². The van der Waals surface area contributed by atoms with Gasteiger partial charge in [-0.05, 0) is 51.4 Å². The average molecular weight is 261 g/mol. The molecule has 2 aliphatic rings. The van der Waals surface area contributed by atoms with E-state index in [9.17, 15) is 0 Å². The van der Waals surface area contributed by atoms with Gasteiger partial charge in [0.1, 0.15) is 0 Å². The summed E-state index contributed by atoms with van der Waals surface area (Å²) in [5, 5.41) is 0.377. The minimum Gasteiger partial charge on any atom is -0.353 e. The van der Waals surface area contributed by atoms with Crippen molar-refractivity contribution in [3.8, 4) is 0 Å². The van der Waals surface area contributed by atoms with Gasteiger partial charge in [-0.15, -0.1) is 11.6 Å². The van der Waals surface area contributed by atoms with E-state index in [1.807, 2.05) is 13.8 Å². The maximum atomic E-state index is 6.47. The minimum absolute atomic E-state index is 0.0700. The van der Waals surface area contributed by atoms with Crippen LogP contribution in [-0.4, -0.2) is 24.4 Å². The first-order chi connectivity index (χ1) is 8.22. The number of ether oxygens (including phenoxy) is 2. The highest BCUT2D eigenvalue weighted by molar-refractivity contribution is 6.20. The second-order valence-corrected chi connectivity index (χ2v) is 5.96. The molecule has 2 rings (SSSR count). The van der Waals surface area contributed by atoms with Gasteiger partial charge in [0.15, 0.2) is 6.29 Å². The predicted molar refractivity (Wildman–Crippen MR) is 70.3 cm³/mol. The summed E-state index contributed by atoms with van der Waals surface area (Å²) in [6.45, 7) is 4.74. The molecule has 0 N–H and O–H groups in total. The van der Waals surface area contributed by atoms with Gasteiger partial charge in [0.25, 0.3) is 0 Å². The van der Waals surface area contributed by atoms with E-state index in [2.05, 4.69) is 0 Å². The Morgan fingerprint density at radius 3 is 2.53 bits per heavy atom. The molecule has 2 saturated carbocycles. The van der Waals surface area contributed by atoms with Crippen molar-refractivity contribution >= 4 is 11.6 Å². The minimum atomic E-state index is -0.0700. The topological polar surface area (TPSA) is 18.5 Å². The number of rotatable bonds is 4. The highest BCUT2D eigenvalue weighted by atomic mass is 35.5. The fourth-order valence-corrected chi connectivity index (χ4v) is 3.98. The Balaban J connectivity index is 1.92. The Hall–Kier alpha value is 0.210. The molecule has 3 heteroatoms. The molecule has 2 aliphatic carbocycles. The van der Waals surface area contributed by atoms with Gasteiger partial charge in [0.2, 0.25) is 0 Å². The maximum Gasteiger partial charge on any atom is 0.155 e. The van der Waals surface area contributed by atoms with E-state index in [0.717, 1.165) is 19.4 Å². The van der Waals surface area contributed by atoms with Gasteiger partial charge in [-0.3, -0.25) is 0 Å². The van der Waals surface area contributed by atoms with Crippen molar-refractivity contribution in [3.05, 3.63) is 0 Å². The third-order valence-electron chi connectivity index (χ3n) is 4.31. The number of alkyl halides is 1. The van der Waals surface area contributed by atoms with Crippen LogP contribution in [0.2, 0.25) is 0 Å². The highest BCUT2D eigenvalue weighted by Crippen LogP contribution is 2.44. The third-order valence-corrected chi connectivity index (χ3v) is 4.85. The molecule has 100 valence electrons. The van der Waals surface area contributed by atoms with E-state index in [0.29, 0.717) is 23.3 Å². The summed E-state index contributed by atoms with van der Waals surface area (Å²) >= 11 is 6.47. The third kappa shape index (κ3) is 3.36. The first-order valence-corrected chi connectivity index (χ1v) is 7.57. The van der Waals surface area contributed by atoms with Crippen molar-refractivity contribution in [2.75, 3.05) is 6.61 Å². The van der Waals surface area contributed by atoms with Crippen LogP contribution in [-0.2, 0) is 9.47 Å². The molecule has 0 bridgehead atoms. The molecule has 0 aromatic carbocycles. The lowest BCUT2D eigenvalue weighted by molar-refractivity contribution is -0.185. The van der Waals surface area contributed by atoms with Crippen molar-refractivity contribution in [1.29, 1.82) is 0 Å². The largest absolute Gasteiger partial charge is 0.353 e. The summed E-state index contributed by atoms with van der Waals surface area (Å²) in [7, 11) is 0. The van der Waals surface area contributed by atoms with Crippen LogP contribution in [0.3, 0.4) is 0 Å². The second-order valence-electron chi connectivity index (χ2n) is 5.40. The van der Waals surface area contributed by atoms with Gasteiger partial charge in [0.05, 0.1) is 6.10 Å². The Morgan fingerprint density at radius 2 is 1.82 bits per heavy atom. The standard InChI is InChI=1S/C14H25ClO2/c1-3-16-10(2)17-14-9-8-13(15)11-6-4-5-7-12(11)14/h10-14H,3-9H2,1-2H3. The molecule has 0 aliphatic heterocycles. The summed E-state index contributed by atoms with van der Waals surface area (Å²) in [5.41, 5.74) is 0. The summed E-state index contributed by atoms with van der Waals surface area (Å²) in [5.74, 6) is 1.35. The molecule has 0 spiro atoms. The molecular formula is C14H25ClO2. The van der Waals surface area contributed by atoms with Crippen LogP contribution < -0.4 is 0 Å². The Labute approximate surface area is 110 Å². The van der Waals surface area contributed by atoms with E-state index in [1.165, 1.54) is 25.7 Å². The molecule has 0 amide bonds. The normalized spacial score (nSPS) is 39.7. The summed E-state index contributed by atoms with van der Waals surface area (Å²) in [6, 6.07) is 0. The molecule has 17 heavy (non-hydrogen) atoms. The summed E-state index contributed by atoms with van der Waals surface area (Å²) in [6.07, 6.45) is 7.78. The molecular weight excluding hydrogens is 236 g/mol. The van der Waals surface area contributed by atoms with Gasteiger partial charge in [-0.1, -0.05) is 12.8 Å².